The first-order valence-electron chi connectivity index (χ1n) is 7.77. The molecule has 0 aliphatic heterocycles. The number of hydrogen-bond donors (Lipinski definition) is 0. The number of para-hydroxylation sites is 1. The highest BCUT2D eigenvalue weighted by molar-refractivity contribution is 5.99. The normalized spacial score (nSPS) is 10.4. The minimum atomic E-state index is -0.770. The fraction of sp³-hybridized carbons (Fsp3) is 0.100. The van der Waals surface area contributed by atoms with E-state index in [1.54, 1.807) is 18.2 Å². The van der Waals surface area contributed by atoms with Crippen LogP contribution >= 0.6 is 0 Å². The fourth-order valence-corrected chi connectivity index (χ4v) is 2.42. The molecule has 0 heterocycles. The van der Waals surface area contributed by atoms with Crippen LogP contribution in [0.3, 0.4) is 0 Å². The van der Waals surface area contributed by atoms with Gasteiger partial charge in [-0.05, 0) is 35.0 Å². The third-order valence-corrected chi connectivity index (χ3v) is 3.66. The van der Waals surface area contributed by atoms with Crippen LogP contribution in [0.1, 0.15) is 10.4 Å². The van der Waals surface area contributed by atoms with Gasteiger partial charge in [-0.3, -0.25) is 0 Å². The summed E-state index contributed by atoms with van der Waals surface area (Å²) in [6.45, 7) is -0.506. The van der Waals surface area contributed by atoms with Gasteiger partial charge in [0.25, 0.3) is 0 Å². The van der Waals surface area contributed by atoms with Crippen molar-refractivity contribution in [3.8, 4) is 11.5 Å². The number of benzene rings is 3. The van der Waals surface area contributed by atoms with E-state index >= 15 is 0 Å². The van der Waals surface area contributed by atoms with E-state index in [1.165, 1.54) is 25.3 Å². The number of hydrogen-bond acceptors (Lipinski definition) is 5. The van der Waals surface area contributed by atoms with Gasteiger partial charge in [-0.25, -0.2) is 14.0 Å². The van der Waals surface area contributed by atoms with E-state index in [2.05, 4.69) is 0 Å². The smallest absolute Gasteiger partial charge is 0.349 e. The van der Waals surface area contributed by atoms with E-state index in [4.69, 9.17) is 14.2 Å². The third kappa shape index (κ3) is 3.80. The zero-order valence-corrected chi connectivity index (χ0v) is 13.9. The highest BCUT2D eigenvalue weighted by Gasteiger charge is 2.18. The van der Waals surface area contributed by atoms with Crippen molar-refractivity contribution in [2.75, 3.05) is 13.7 Å². The molecule has 132 valence electrons. The lowest BCUT2D eigenvalue weighted by Gasteiger charge is -2.11. The average Bonchev–Trinajstić information content (AvgIpc) is 2.66. The van der Waals surface area contributed by atoms with Crippen molar-refractivity contribution < 1.29 is 28.2 Å². The Labute approximate surface area is 148 Å². The largest absolute Gasteiger partial charge is 0.479 e. The number of ether oxygens (including phenoxy) is 3. The molecule has 5 nitrogen and oxygen atoms in total. The molecule has 3 rings (SSSR count). The number of esters is 2. The average molecular weight is 354 g/mol. The first kappa shape index (κ1) is 17.4. The Balaban J connectivity index is 1.81. The molecule has 3 aromatic rings. The maximum Gasteiger partial charge on any atom is 0.349 e. The summed E-state index contributed by atoms with van der Waals surface area (Å²) in [4.78, 5) is 24.1. The minimum absolute atomic E-state index is 0.0534. The molecule has 0 saturated heterocycles. The molecular formula is C20H15FO5. The van der Waals surface area contributed by atoms with E-state index in [1.807, 2.05) is 24.3 Å². The molecule has 0 aromatic heterocycles. The molecule has 0 spiro atoms. The van der Waals surface area contributed by atoms with Gasteiger partial charge in [0.05, 0.1) is 7.11 Å². The summed E-state index contributed by atoms with van der Waals surface area (Å²) in [5.41, 5.74) is 0.116. The van der Waals surface area contributed by atoms with Crippen LogP contribution in [0.5, 0.6) is 11.5 Å². The maximum absolute atomic E-state index is 13.5. The zero-order valence-electron chi connectivity index (χ0n) is 13.9. The van der Waals surface area contributed by atoms with Crippen LogP contribution in [0.15, 0.2) is 60.7 Å². The number of carbonyl (C=O) groups is 2. The Morgan fingerprint density at radius 1 is 0.923 bits per heavy atom. The van der Waals surface area contributed by atoms with Gasteiger partial charge in [0, 0.05) is 0 Å². The van der Waals surface area contributed by atoms with Gasteiger partial charge in [0.1, 0.15) is 11.3 Å². The van der Waals surface area contributed by atoms with Gasteiger partial charge in [-0.15, -0.1) is 0 Å². The van der Waals surface area contributed by atoms with Crippen LogP contribution in [0, 0.1) is 5.82 Å². The number of halogens is 1. The van der Waals surface area contributed by atoms with Crippen molar-refractivity contribution in [3.63, 3.8) is 0 Å². The summed E-state index contributed by atoms with van der Waals surface area (Å²) in [6.07, 6.45) is 0. The molecule has 3 aromatic carbocycles. The second kappa shape index (κ2) is 7.65. The molecule has 26 heavy (non-hydrogen) atoms. The Morgan fingerprint density at radius 3 is 2.27 bits per heavy atom. The first-order chi connectivity index (χ1) is 12.6. The van der Waals surface area contributed by atoms with Crippen molar-refractivity contribution in [2.24, 2.45) is 0 Å². The summed E-state index contributed by atoms with van der Waals surface area (Å²) in [6, 6.07) is 16.2. The van der Waals surface area contributed by atoms with Gasteiger partial charge in [-0.1, -0.05) is 36.4 Å². The van der Waals surface area contributed by atoms with E-state index in [0.29, 0.717) is 0 Å². The summed E-state index contributed by atoms with van der Waals surface area (Å²) >= 11 is 0. The van der Waals surface area contributed by atoms with E-state index in [9.17, 15) is 14.0 Å². The first-order valence-corrected chi connectivity index (χ1v) is 7.77. The molecule has 6 heteroatoms. The van der Waals surface area contributed by atoms with Gasteiger partial charge in [-0.2, -0.15) is 0 Å². The monoisotopic (exact) mass is 354 g/mol. The highest BCUT2D eigenvalue weighted by atomic mass is 19.1. The quantitative estimate of drug-likeness (QED) is 0.516. The van der Waals surface area contributed by atoms with Gasteiger partial charge >= 0.3 is 11.9 Å². The maximum atomic E-state index is 13.5. The van der Waals surface area contributed by atoms with Crippen molar-refractivity contribution >= 4 is 22.7 Å². The second-order valence-electron chi connectivity index (χ2n) is 5.38. The van der Waals surface area contributed by atoms with Crippen LogP contribution in [-0.4, -0.2) is 25.7 Å². The summed E-state index contributed by atoms with van der Waals surface area (Å²) < 4.78 is 28.6. The molecule has 0 unspecified atom stereocenters. The van der Waals surface area contributed by atoms with E-state index in [-0.39, 0.29) is 17.1 Å². The predicted octanol–water partition coefficient (Wildman–Crippen LogP) is 3.75. The number of carbonyl (C=O) groups excluding carboxylic acids is 2. The Hall–Kier alpha value is -3.41. The SMILES string of the molecule is COC(=O)c1cc2ccccc2cc1OC(=O)COc1ccccc1F. The van der Waals surface area contributed by atoms with Crippen LogP contribution in [0.4, 0.5) is 4.39 Å². The van der Waals surface area contributed by atoms with Crippen LogP contribution in [0.25, 0.3) is 10.8 Å². The van der Waals surface area contributed by atoms with Crippen LogP contribution < -0.4 is 9.47 Å². The summed E-state index contributed by atoms with van der Waals surface area (Å²) in [7, 11) is 1.24. The van der Waals surface area contributed by atoms with Crippen molar-refractivity contribution in [2.45, 2.75) is 0 Å². The highest BCUT2D eigenvalue weighted by Crippen LogP contribution is 2.27. The summed E-state index contributed by atoms with van der Waals surface area (Å²) in [5, 5.41) is 1.59. The van der Waals surface area contributed by atoms with Crippen molar-refractivity contribution in [3.05, 3.63) is 72.0 Å². The van der Waals surface area contributed by atoms with E-state index in [0.717, 1.165) is 10.8 Å². The molecule has 0 saturated carbocycles. The molecule has 0 aliphatic rings. The van der Waals surface area contributed by atoms with Crippen LogP contribution in [0.2, 0.25) is 0 Å². The zero-order chi connectivity index (χ0) is 18.5. The lowest BCUT2D eigenvalue weighted by molar-refractivity contribution is -0.136. The molecule has 0 aliphatic carbocycles. The molecule has 0 radical (unpaired) electrons. The second-order valence-corrected chi connectivity index (χ2v) is 5.38. The van der Waals surface area contributed by atoms with Crippen molar-refractivity contribution in [1.82, 2.24) is 0 Å². The number of methoxy groups -OCH3 is 1. The molecule has 0 fully saturated rings. The number of fused-ring (bicyclic) bond motifs is 1. The minimum Gasteiger partial charge on any atom is -0.479 e. The Kier molecular flexibility index (Phi) is 5.12. The van der Waals surface area contributed by atoms with E-state index < -0.39 is 24.4 Å². The number of rotatable bonds is 5. The van der Waals surface area contributed by atoms with Gasteiger partial charge in [0.15, 0.2) is 18.2 Å². The standard InChI is InChI=1S/C20H15FO5/c1-24-20(23)15-10-13-6-2-3-7-14(13)11-18(15)26-19(22)12-25-17-9-5-4-8-16(17)21/h2-11H,12H2,1H3. The van der Waals surface area contributed by atoms with Crippen molar-refractivity contribution in [1.29, 1.82) is 0 Å². The van der Waals surface area contributed by atoms with Gasteiger partial charge < -0.3 is 14.2 Å². The molecular weight excluding hydrogens is 339 g/mol. The lowest BCUT2D eigenvalue weighted by atomic mass is 10.1. The predicted molar refractivity (Wildman–Crippen MR) is 92.8 cm³/mol. The third-order valence-electron chi connectivity index (χ3n) is 3.66. The lowest BCUT2D eigenvalue weighted by Crippen LogP contribution is -2.19. The molecule has 0 amide bonds. The summed E-state index contributed by atoms with van der Waals surface area (Å²) in [5.74, 6) is -1.99. The molecule has 0 atom stereocenters. The molecule has 0 N–H and O–H groups in total. The Morgan fingerprint density at radius 2 is 1.58 bits per heavy atom. The van der Waals surface area contributed by atoms with Crippen LogP contribution in [-0.2, 0) is 9.53 Å². The topological polar surface area (TPSA) is 61.8 Å². The molecule has 0 bridgehead atoms. The Bertz CT molecular complexity index is 967. The fourth-order valence-electron chi connectivity index (χ4n) is 2.42. The van der Waals surface area contributed by atoms with Gasteiger partial charge in [0.2, 0.25) is 0 Å².